The van der Waals surface area contributed by atoms with Crippen LogP contribution in [-0.2, 0) is 6.42 Å². The number of rotatable bonds is 8. The van der Waals surface area contributed by atoms with Crippen molar-refractivity contribution < 1.29 is 9.47 Å². The molecule has 0 aliphatic rings. The third-order valence-corrected chi connectivity index (χ3v) is 3.86. The fourth-order valence-corrected chi connectivity index (χ4v) is 2.55. The molecule has 2 aromatic carbocycles. The predicted molar refractivity (Wildman–Crippen MR) is 103 cm³/mol. The highest BCUT2D eigenvalue weighted by molar-refractivity contribution is 5.62. The van der Waals surface area contributed by atoms with Gasteiger partial charge in [-0.05, 0) is 42.3 Å². The standard InChI is InChI=1S/C20H22N4O2/c1-25-16-7-5-6-15(14-16)10-12-21-19-11-13-22-20(24-19)23-17-8-3-4-9-18(17)26-2/h3-9,11,13-14H,10,12H2,1-2H3,(H2,21,22,23,24). The van der Waals surface area contributed by atoms with Gasteiger partial charge in [0.25, 0.3) is 0 Å². The first-order valence-electron chi connectivity index (χ1n) is 8.38. The number of nitrogens with one attached hydrogen (secondary N) is 2. The van der Waals surface area contributed by atoms with E-state index in [9.17, 15) is 0 Å². The second-order valence-corrected chi connectivity index (χ2v) is 5.62. The summed E-state index contributed by atoms with van der Waals surface area (Å²) in [6, 6.07) is 17.6. The molecule has 0 aliphatic heterocycles. The van der Waals surface area contributed by atoms with Crippen molar-refractivity contribution in [2.75, 3.05) is 31.4 Å². The molecule has 0 bridgehead atoms. The Hall–Kier alpha value is -3.28. The molecule has 26 heavy (non-hydrogen) atoms. The molecule has 1 aromatic heterocycles. The topological polar surface area (TPSA) is 68.3 Å². The highest BCUT2D eigenvalue weighted by atomic mass is 16.5. The number of anilines is 3. The van der Waals surface area contributed by atoms with Gasteiger partial charge in [-0.15, -0.1) is 0 Å². The van der Waals surface area contributed by atoms with Crippen LogP contribution < -0.4 is 20.1 Å². The van der Waals surface area contributed by atoms with Crippen LogP contribution in [0.3, 0.4) is 0 Å². The van der Waals surface area contributed by atoms with Crippen molar-refractivity contribution in [3.05, 3.63) is 66.4 Å². The molecule has 0 unspecified atom stereocenters. The first kappa shape index (κ1) is 17.5. The van der Waals surface area contributed by atoms with Crippen molar-refractivity contribution in [2.45, 2.75) is 6.42 Å². The Balaban J connectivity index is 1.60. The zero-order valence-corrected chi connectivity index (χ0v) is 14.9. The van der Waals surface area contributed by atoms with Crippen molar-refractivity contribution in [3.63, 3.8) is 0 Å². The number of benzene rings is 2. The number of aromatic nitrogens is 2. The summed E-state index contributed by atoms with van der Waals surface area (Å²) in [7, 11) is 3.31. The normalized spacial score (nSPS) is 10.2. The van der Waals surface area contributed by atoms with Gasteiger partial charge in [-0.2, -0.15) is 4.98 Å². The first-order chi connectivity index (χ1) is 12.8. The Morgan fingerprint density at radius 3 is 2.69 bits per heavy atom. The summed E-state index contributed by atoms with van der Waals surface area (Å²) in [5.74, 6) is 2.89. The molecule has 6 nitrogen and oxygen atoms in total. The molecular weight excluding hydrogens is 328 g/mol. The van der Waals surface area contributed by atoms with Crippen LogP contribution in [0.15, 0.2) is 60.8 Å². The van der Waals surface area contributed by atoms with Gasteiger partial charge in [0.2, 0.25) is 5.95 Å². The number of methoxy groups -OCH3 is 2. The van der Waals surface area contributed by atoms with Crippen LogP contribution in [0, 0.1) is 0 Å². The number of nitrogens with zero attached hydrogens (tertiary/aromatic N) is 2. The Morgan fingerprint density at radius 1 is 0.962 bits per heavy atom. The molecule has 134 valence electrons. The van der Waals surface area contributed by atoms with Crippen LogP contribution in [-0.4, -0.2) is 30.7 Å². The Kier molecular flexibility index (Phi) is 5.88. The number of para-hydroxylation sites is 2. The van der Waals surface area contributed by atoms with E-state index in [4.69, 9.17) is 9.47 Å². The fourth-order valence-electron chi connectivity index (χ4n) is 2.55. The maximum Gasteiger partial charge on any atom is 0.229 e. The van der Waals surface area contributed by atoms with Crippen LogP contribution in [0.1, 0.15) is 5.56 Å². The highest BCUT2D eigenvalue weighted by Gasteiger charge is 2.05. The second-order valence-electron chi connectivity index (χ2n) is 5.62. The van der Waals surface area contributed by atoms with E-state index in [0.29, 0.717) is 5.95 Å². The van der Waals surface area contributed by atoms with E-state index < -0.39 is 0 Å². The van der Waals surface area contributed by atoms with E-state index in [1.807, 2.05) is 48.5 Å². The number of hydrogen-bond donors (Lipinski definition) is 2. The van der Waals surface area contributed by atoms with E-state index in [1.54, 1.807) is 20.4 Å². The van der Waals surface area contributed by atoms with Crippen molar-refractivity contribution >= 4 is 17.5 Å². The molecule has 0 saturated carbocycles. The summed E-state index contributed by atoms with van der Waals surface area (Å²) in [5.41, 5.74) is 2.03. The van der Waals surface area contributed by atoms with Crippen LogP contribution in [0.2, 0.25) is 0 Å². The minimum atomic E-state index is 0.515. The zero-order chi connectivity index (χ0) is 18.2. The summed E-state index contributed by atoms with van der Waals surface area (Å²) in [6.07, 6.45) is 2.59. The fraction of sp³-hybridized carbons (Fsp3) is 0.200. The highest BCUT2D eigenvalue weighted by Crippen LogP contribution is 2.25. The minimum absolute atomic E-state index is 0.515. The molecule has 0 radical (unpaired) electrons. The molecular formula is C20H22N4O2. The molecule has 2 N–H and O–H groups in total. The van der Waals surface area contributed by atoms with Gasteiger partial charge in [0.05, 0.1) is 19.9 Å². The average Bonchev–Trinajstić information content (AvgIpc) is 2.69. The summed E-state index contributed by atoms with van der Waals surface area (Å²) in [4.78, 5) is 8.76. The van der Waals surface area contributed by atoms with Gasteiger partial charge in [-0.25, -0.2) is 4.98 Å². The molecule has 0 fully saturated rings. The van der Waals surface area contributed by atoms with Crippen LogP contribution in [0.4, 0.5) is 17.5 Å². The lowest BCUT2D eigenvalue weighted by Crippen LogP contribution is -2.08. The van der Waals surface area contributed by atoms with E-state index in [0.717, 1.165) is 36.0 Å². The predicted octanol–water partition coefficient (Wildman–Crippen LogP) is 3.89. The van der Waals surface area contributed by atoms with Gasteiger partial charge in [-0.1, -0.05) is 24.3 Å². The Labute approximate surface area is 153 Å². The van der Waals surface area contributed by atoms with Crippen molar-refractivity contribution in [1.82, 2.24) is 9.97 Å². The second kappa shape index (κ2) is 8.71. The molecule has 0 spiro atoms. The van der Waals surface area contributed by atoms with E-state index >= 15 is 0 Å². The lowest BCUT2D eigenvalue weighted by molar-refractivity contribution is 0.414. The third-order valence-electron chi connectivity index (χ3n) is 3.86. The molecule has 6 heteroatoms. The molecule has 3 rings (SSSR count). The summed E-state index contributed by atoms with van der Waals surface area (Å²) >= 11 is 0. The largest absolute Gasteiger partial charge is 0.497 e. The quantitative estimate of drug-likeness (QED) is 0.642. The van der Waals surface area contributed by atoms with Gasteiger partial charge in [0.1, 0.15) is 17.3 Å². The van der Waals surface area contributed by atoms with E-state index in [-0.39, 0.29) is 0 Å². The smallest absolute Gasteiger partial charge is 0.229 e. The van der Waals surface area contributed by atoms with Crippen molar-refractivity contribution in [2.24, 2.45) is 0 Å². The zero-order valence-electron chi connectivity index (χ0n) is 14.9. The summed E-state index contributed by atoms with van der Waals surface area (Å²) in [5, 5.41) is 6.51. The lowest BCUT2D eigenvalue weighted by Gasteiger charge is -2.11. The van der Waals surface area contributed by atoms with Crippen LogP contribution >= 0.6 is 0 Å². The molecule has 0 aliphatic carbocycles. The Bertz CT molecular complexity index is 854. The van der Waals surface area contributed by atoms with Gasteiger partial charge in [0.15, 0.2) is 0 Å². The third kappa shape index (κ3) is 4.63. The van der Waals surface area contributed by atoms with Crippen molar-refractivity contribution in [3.8, 4) is 11.5 Å². The van der Waals surface area contributed by atoms with Crippen LogP contribution in [0.25, 0.3) is 0 Å². The van der Waals surface area contributed by atoms with Gasteiger partial charge >= 0.3 is 0 Å². The maximum absolute atomic E-state index is 5.34. The molecule has 0 atom stereocenters. The van der Waals surface area contributed by atoms with E-state index in [2.05, 4.69) is 26.7 Å². The minimum Gasteiger partial charge on any atom is -0.497 e. The summed E-state index contributed by atoms with van der Waals surface area (Å²) in [6.45, 7) is 0.762. The van der Waals surface area contributed by atoms with Crippen molar-refractivity contribution in [1.29, 1.82) is 0 Å². The molecule has 0 saturated heterocycles. The van der Waals surface area contributed by atoms with Gasteiger partial charge < -0.3 is 20.1 Å². The number of hydrogen-bond acceptors (Lipinski definition) is 6. The maximum atomic E-state index is 5.34. The van der Waals surface area contributed by atoms with Crippen LogP contribution in [0.5, 0.6) is 11.5 Å². The Morgan fingerprint density at radius 2 is 1.85 bits per heavy atom. The summed E-state index contributed by atoms with van der Waals surface area (Å²) < 4.78 is 10.6. The molecule has 1 heterocycles. The van der Waals surface area contributed by atoms with E-state index in [1.165, 1.54) is 5.56 Å². The number of ether oxygens (including phenoxy) is 2. The first-order valence-corrected chi connectivity index (χ1v) is 8.38. The monoisotopic (exact) mass is 350 g/mol. The molecule has 0 amide bonds. The lowest BCUT2D eigenvalue weighted by atomic mass is 10.1. The molecule has 3 aromatic rings. The average molecular weight is 350 g/mol. The van der Waals surface area contributed by atoms with Gasteiger partial charge in [0, 0.05) is 12.7 Å². The van der Waals surface area contributed by atoms with Gasteiger partial charge in [-0.3, -0.25) is 0 Å². The SMILES string of the molecule is COc1cccc(CCNc2ccnc(Nc3ccccc3OC)n2)c1.